The second-order valence-electron chi connectivity index (χ2n) is 29.1. The van der Waals surface area contributed by atoms with Crippen LogP contribution in [0.5, 0.6) is 0 Å². The van der Waals surface area contributed by atoms with Crippen LogP contribution in [-0.2, 0) is 0 Å². The van der Waals surface area contributed by atoms with E-state index in [1.54, 1.807) is 0 Å². The number of para-hydroxylation sites is 6. The van der Waals surface area contributed by atoms with Gasteiger partial charge in [0.1, 0.15) is 33.5 Å². The number of hydrogen-bond donors (Lipinski definition) is 0. The molecular formula is C102H59N5O3. The smallest absolute Gasteiger partial charge is 0.160 e. The monoisotopic (exact) mass is 1400 g/mol. The Morgan fingerprint density at radius 3 is 0.936 bits per heavy atom. The maximum absolute atomic E-state index is 6.24. The van der Waals surface area contributed by atoms with Gasteiger partial charge in [0.2, 0.25) is 0 Å². The van der Waals surface area contributed by atoms with Gasteiger partial charge in [0, 0.05) is 98.2 Å². The average molecular weight is 1400 g/mol. The van der Waals surface area contributed by atoms with Crippen molar-refractivity contribution in [2.24, 2.45) is 0 Å². The molecule has 17 aromatic carbocycles. The highest BCUT2D eigenvalue weighted by molar-refractivity contribution is 6.16. The molecule has 0 aliphatic heterocycles. The summed E-state index contributed by atoms with van der Waals surface area (Å²) in [6.07, 6.45) is 0. The molecule has 0 aliphatic carbocycles. The van der Waals surface area contributed by atoms with Gasteiger partial charge in [-0.3, -0.25) is 0 Å². The molecule has 0 aliphatic rings. The molecular weight excluding hydrogens is 1340 g/mol. The van der Waals surface area contributed by atoms with E-state index in [4.69, 9.17) is 23.2 Å². The van der Waals surface area contributed by atoms with E-state index >= 15 is 0 Å². The van der Waals surface area contributed by atoms with Crippen LogP contribution >= 0.6 is 0 Å². The number of hydrogen-bond acceptors (Lipinski definition) is 5. The zero-order chi connectivity index (χ0) is 71.8. The van der Waals surface area contributed by atoms with Crippen LogP contribution in [0, 0.1) is 0 Å². The summed E-state index contributed by atoms with van der Waals surface area (Å²) in [5.74, 6) is 0.648. The first-order valence-electron chi connectivity index (χ1n) is 37.4. The molecule has 510 valence electrons. The second-order valence-corrected chi connectivity index (χ2v) is 29.1. The third kappa shape index (κ3) is 9.27. The number of rotatable bonds is 9. The minimum atomic E-state index is 0.648. The summed E-state index contributed by atoms with van der Waals surface area (Å²) in [6.45, 7) is 0. The van der Waals surface area contributed by atoms with Crippen molar-refractivity contribution in [3.8, 4) is 84.2 Å². The lowest BCUT2D eigenvalue weighted by atomic mass is 9.97. The predicted molar refractivity (Wildman–Crippen MR) is 455 cm³/mol. The molecule has 24 rings (SSSR count). The summed E-state index contributed by atoms with van der Waals surface area (Å²) >= 11 is 0. The standard InChI is InChI=1S/C102H59N5O3/c1-7-19-89-75(13-1)81-53-66(69-36-48-98-84(56-69)78-16-4-10-22-95(78)108-98)33-45-92(81)105(89)72-39-27-60(28-40-72)101-87-59-65(62-25-26-64-52-74(43-31-63(64)51-62)107-91-21-9-3-15-77(91)83-55-68(35-47-94(83)107)71-38-50-100-86(58-71)80-18-6-12-24-97(80)110-100)32-44-88(87)103-102(104-101)61-29-41-73(42-30-61)106-90-20-8-2-14-76(90)82-54-67(34-46-93(82)106)70-37-49-99-85(57-70)79-17-5-11-23-96(79)109-99/h1-59H. The summed E-state index contributed by atoms with van der Waals surface area (Å²) in [5.41, 5.74) is 28.1. The normalized spacial score (nSPS) is 12.2. The van der Waals surface area contributed by atoms with E-state index in [1.807, 2.05) is 36.4 Å². The fourth-order valence-corrected chi connectivity index (χ4v) is 17.7. The third-order valence-corrected chi connectivity index (χ3v) is 23.0. The van der Waals surface area contributed by atoms with E-state index in [0.29, 0.717) is 5.82 Å². The Morgan fingerprint density at radius 1 is 0.182 bits per heavy atom. The molecule has 8 heteroatoms. The molecule has 8 nitrogen and oxygen atoms in total. The van der Waals surface area contributed by atoms with Crippen LogP contribution in [0.15, 0.2) is 371 Å². The number of furan rings is 3. The Morgan fingerprint density at radius 2 is 0.482 bits per heavy atom. The fourth-order valence-electron chi connectivity index (χ4n) is 17.7. The summed E-state index contributed by atoms with van der Waals surface area (Å²) < 4.78 is 25.9. The Kier molecular flexibility index (Phi) is 12.8. The molecule has 0 unspecified atom stereocenters. The highest BCUT2D eigenvalue weighted by Gasteiger charge is 2.22. The van der Waals surface area contributed by atoms with E-state index in [0.717, 1.165) is 199 Å². The van der Waals surface area contributed by atoms with Gasteiger partial charge in [-0.25, -0.2) is 9.97 Å². The Labute approximate surface area is 628 Å². The molecule has 0 saturated heterocycles. The van der Waals surface area contributed by atoms with Crippen molar-refractivity contribution < 1.29 is 13.3 Å². The average Bonchev–Trinajstić information content (AvgIpc) is 1.58. The lowest BCUT2D eigenvalue weighted by Gasteiger charge is -2.14. The second kappa shape index (κ2) is 23.3. The number of aromatic nitrogens is 5. The minimum Gasteiger partial charge on any atom is -0.456 e. The van der Waals surface area contributed by atoms with Crippen molar-refractivity contribution in [3.63, 3.8) is 0 Å². The van der Waals surface area contributed by atoms with Gasteiger partial charge in [-0.1, -0.05) is 182 Å². The molecule has 0 spiro atoms. The van der Waals surface area contributed by atoms with Gasteiger partial charge in [0.15, 0.2) is 5.82 Å². The molecule has 0 atom stereocenters. The highest BCUT2D eigenvalue weighted by Crippen LogP contribution is 2.44. The van der Waals surface area contributed by atoms with Crippen LogP contribution in [-0.4, -0.2) is 23.7 Å². The molecule has 0 bridgehead atoms. The Hall–Kier alpha value is -14.9. The Balaban J connectivity index is 0.602. The van der Waals surface area contributed by atoms with Crippen LogP contribution in [0.2, 0.25) is 0 Å². The number of fused-ring (bicyclic) bond motifs is 20. The summed E-state index contributed by atoms with van der Waals surface area (Å²) in [5, 5.41) is 17.2. The first-order chi connectivity index (χ1) is 54.4. The number of nitrogens with zero attached hydrogens (tertiary/aromatic N) is 5. The maximum Gasteiger partial charge on any atom is 0.160 e. The van der Waals surface area contributed by atoms with Crippen molar-refractivity contribution in [1.82, 2.24) is 23.7 Å². The molecule has 0 fully saturated rings. The van der Waals surface area contributed by atoms with Crippen LogP contribution in [0.25, 0.3) is 237 Å². The van der Waals surface area contributed by atoms with Crippen molar-refractivity contribution in [2.75, 3.05) is 0 Å². The van der Waals surface area contributed by atoms with Crippen molar-refractivity contribution >= 4 is 153 Å². The van der Waals surface area contributed by atoms with Crippen LogP contribution in [0.1, 0.15) is 0 Å². The topological polar surface area (TPSA) is 80.0 Å². The van der Waals surface area contributed by atoms with Crippen molar-refractivity contribution in [3.05, 3.63) is 358 Å². The van der Waals surface area contributed by atoms with Gasteiger partial charge in [0.05, 0.1) is 44.3 Å². The first kappa shape index (κ1) is 60.4. The summed E-state index contributed by atoms with van der Waals surface area (Å²) in [7, 11) is 0. The van der Waals surface area contributed by atoms with E-state index < -0.39 is 0 Å². The van der Waals surface area contributed by atoms with E-state index in [2.05, 4.69) is 335 Å². The first-order valence-corrected chi connectivity index (χ1v) is 37.4. The van der Waals surface area contributed by atoms with Crippen molar-refractivity contribution in [1.29, 1.82) is 0 Å². The fraction of sp³-hybridized carbons (Fsp3) is 0. The summed E-state index contributed by atoms with van der Waals surface area (Å²) in [4.78, 5) is 11.1. The van der Waals surface area contributed by atoms with Gasteiger partial charge in [-0.05, 0) is 231 Å². The molecule has 0 N–H and O–H groups in total. The van der Waals surface area contributed by atoms with Crippen LogP contribution < -0.4 is 0 Å². The van der Waals surface area contributed by atoms with Gasteiger partial charge in [-0.2, -0.15) is 0 Å². The number of benzene rings is 17. The van der Waals surface area contributed by atoms with Crippen LogP contribution in [0.4, 0.5) is 0 Å². The molecule has 24 aromatic rings. The quantitative estimate of drug-likeness (QED) is 0.144. The van der Waals surface area contributed by atoms with E-state index in [1.165, 1.54) is 32.3 Å². The lowest BCUT2D eigenvalue weighted by molar-refractivity contribution is 0.668. The molecule has 0 amide bonds. The predicted octanol–water partition coefficient (Wildman–Crippen LogP) is 27.8. The molecule has 0 saturated carbocycles. The maximum atomic E-state index is 6.24. The molecule has 0 radical (unpaired) electrons. The minimum absolute atomic E-state index is 0.648. The molecule has 110 heavy (non-hydrogen) atoms. The van der Waals surface area contributed by atoms with Crippen molar-refractivity contribution in [2.45, 2.75) is 0 Å². The molecule has 7 aromatic heterocycles. The van der Waals surface area contributed by atoms with Gasteiger partial charge in [-0.15, -0.1) is 0 Å². The largest absolute Gasteiger partial charge is 0.456 e. The zero-order valence-corrected chi connectivity index (χ0v) is 59.0. The van der Waals surface area contributed by atoms with E-state index in [9.17, 15) is 0 Å². The van der Waals surface area contributed by atoms with Crippen LogP contribution in [0.3, 0.4) is 0 Å². The highest BCUT2D eigenvalue weighted by atomic mass is 16.3. The van der Waals surface area contributed by atoms with Gasteiger partial charge in [0.25, 0.3) is 0 Å². The SMILES string of the molecule is c1ccc2c(c1)oc1ccc(-c3ccc4c(c3)c3ccccc3n4-c3ccc(-c4nc(-c5ccc(-n6c7ccccc7c7cc(-c8ccc9oc%10ccccc%10c9c8)ccc76)cc5)c5cc(-c6ccc7cc(-n8c9ccccc9c9cc(-c%10ccc%11oc%12ccccc%12c%11c%10)ccc98)ccc7c6)ccc5n4)cc3)cc12. The van der Waals surface area contributed by atoms with Gasteiger partial charge < -0.3 is 27.0 Å². The molecule has 7 heterocycles. The van der Waals surface area contributed by atoms with Gasteiger partial charge >= 0.3 is 0 Å². The summed E-state index contributed by atoms with van der Waals surface area (Å²) in [6, 6.07) is 129. The lowest BCUT2D eigenvalue weighted by Crippen LogP contribution is -1.98. The Bertz CT molecular complexity index is 8040. The van der Waals surface area contributed by atoms with E-state index in [-0.39, 0.29) is 0 Å². The zero-order valence-electron chi connectivity index (χ0n) is 59.0. The third-order valence-electron chi connectivity index (χ3n) is 23.0.